The van der Waals surface area contributed by atoms with Crippen LogP contribution in [-0.2, 0) is 16.4 Å². The van der Waals surface area contributed by atoms with Gasteiger partial charge in [0.05, 0.1) is 11.4 Å². The zero-order valence-electron chi connectivity index (χ0n) is 9.86. The lowest BCUT2D eigenvalue weighted by Crippen LogP contribution is -2.38. The first-order chi connectivity index (χ1) is 8.30. The van der Waals surface area contributed by atoms with Crippen LogP contribution < -0.4 is 4.72 Å². The van der Waals surface area contributed by atoms with Crippen molar-refractivity contribution in [2.45, 2.75) is 24.2 Å². The summed E-state index contributed by atoms with van der Waals surface area (Å²) >= 11 is 0. The molecule has 0 aromatic heterocycles. The van der Waals surface area contributed by atoms with E-state index in [0.717, 1.165) is 12.0 Å². The number of halogens is 2. The monoisotopic (exact) mass is 279 g/mol. The van der Waals surface area contributed by atoms with Crippen LogP contribution >= 0.6 is 0 Å². The highest BCUT2D eigenvalue weighted by molar-refractivity contribution is 7.89. The summed E-state index contributed by atoms with van der Waals surface area (Å²) < 4.78 is 50.6. The van der Waals surface area contributed by atoms with Crippen LogP contribution in [0.15, 0.2) is 29.2 Å². The second kappa shape index (κ2) is 5.73. The molecule has 0 aliphatic carbocycles. The molecule has 0 amide bonds. The minimum atomic E-state index is -3.97. The van der Waals surface area contributed by atoms with Crippen LogP contribution in [0.1, 0.15) is 12.5 Å². The average molecular weight is 279 g/mol. The number of aliphatic hydroxyl groups is 1. The Morgan fingerprint density at radius 1 is 1.28 bits per heavy atom. The molecule has 7 heteroatoms. The van der Waals surface area contributed by atoms with Crippen LogP contribution in [-0.4, -0.2) is 32.6 Å². The maximum atomic E-state index is 12.7. The molecule has 0 aliphatic heterocycles. The molecule has 0 heterocycles. The Hall–Kier alpha value is -1.05. The maximum Gasteiger partial charge on any atom is 0.283 e. The molecule has 18 heavy (non-hydrogen) atoms. The molecule has 0 saturated heterocycles. The standard InChI is InChI=1S/C11H15F2NO3S/c1-2-9-3-5-10(6-4-9)18(16,17)14-7-11(12,13)8-15/h3-6,14-15H,2,7-8H2,1H3. The summed E-state index contributed by atoms with van der Waals surface area (Å²) in [6.07, 6.45) is 0.760. The molecule has 1 aromatic rings. The lowest BCUT2D eigenvalue weighted by atomic mass is 10.2. The van der Waals surface area contributed by atoms with E-state index < -0.39 is 29.1 Å². The van der Waals surface area contributed by atoms with Gasteiger partial charge in [0.1, 0.15) is 6.61 Å². The third-order valence-electron chi connectivity index (χ3n) is 2.39. The van der Waals surface area contributed by atoms with Gasteiger partial charge in [0.2, 0.25) is 10.0 Å². The van der Waals surface area contributed by atoms with Gasteiger partial charge in [-0.3, -0.25) is 0 Å². The third-order valence-corrected chi connectivity index (χ3v) is 3.81. The first-order valence-corrected chi connectivity index (χ1v) is 6.86. The van der Waals surface area contributed by atoms with E-state index in [1.54, 1.807) is 16.9 Å². The van der Waals surface area contributed by atoms with Crippen LogP contribution in [0, 0.1) is 0 Å². The molecule has 0 bridgehead atoms. The zero-order chi connectivity index (χ0) is 13.8. The largest absolute Gasteiger partial charge is 0.390 e. The van der Waals surface area contributed by atoms with E-state index in [2.05, 4.69) is 0 Å². The Morgan fingerprint density at radius 3 is 2.28 bits per heavy atom. The van der Waals surface area contributed by atoms with Crippen molar-refractivity contribution in [1.82, 2.24) is 4.72 Å². The molecule has 0 spiro atoms. The number of hydrogen-bond acceptors (Lipinski definition) is 3. The molecular formula is C11H15F2NO3S. The summed E-state index contributed by atoms with van der Waals surface area (Å²) in [6.45, 7) is -0.602. The Kier molecular flexibility index (Phi) is 4.78. The molecule has 4 nitrogen and oxygen atoms in total. The number of hydrogen-bond donors (Lipinski definition) is 2. The van der Waals surface area contributed by atoms with Crippen molar-refractivity contribution in [2.75, 3.05) is 13.2 Å². The molecule has 102 valence electrons. The fourth-order valence-corrected chi connectivity index (χ4v) is 2.31. The van der Waals surface area contributed by atoms with Crippen molar-refractivity contribution in [3.05, 3.63) is 29.8 Å². The van der Waals surface area contributed by atoms with E-state index in [-0.39, 0.29) is 4.90 Å². The van der Waals surface area contributed by atoms with E-state index in [1.165, 1.54) is 12.1 Å². The number of sulfonamides is 1. The highest BCUT2D eigenvalue weighted by Gasteiger charge is 2.30. The molecule has 0 unspecified atom stereocenters. The lowest BCUT2D eigenvalue weighted by Gasteiger charge is -2.14. The minimum absolute atomic E-state index is 0.0755. The van der Waals surface area contributed by atoms with E-state index in [4.69, 9.17) is 5.11 Å². The Morgan fingerprint density at radius 2 is 1.83 bits per heavy atom. The van der Waals surface area contributed by atoms with Crippen LogP contribution in [0.4, 0.5) is 8.78 Å². The summed E-state index contributed by atoms with van der Waals surface area (Å²) in [4.78, 5) is -0.0755. The van der Waals surface area contributed by atoms with Gasteiger partial charge in [-0.25, -0.2) is 21.9 Å². The van der Waals surface area contributed by atoms with Gasteiger partial charge in [-0.2, -0.15) is 0 Å². The van der Waals surface area contributed by atoms with Gasteiger partial charge in [0.15, 0.2) is 0 Å². The molecule has 1 aromatic carbocycles. The molecule has 0 fully saturated rings. The van der Waals surface area contributed by atoms with Gasteiger partial charge in [-0.05, 0) is 24.1 Å². The summed E-state index contributed by atoms with van der Waals surface area (Å²) in [6, 6.07) is 5.97. The van der Waals surface area contributed by atoms with Gasteiger partial charge in [-0.15, -0.1) is 0 Å². The maximum absolute atomic E-state index is 12.7. The first kappa shape index (κ1) is 15.0. The summed E-state index contributed by atoms with van der Waals surface area (Å²) in [7, 11) is -3.97. The van der Waals surface area contributed by atoms with Crippen molar-refractivity contribution in [3.63, 3.8) is 0 Å². The highest BCUT2D eigenvalue weighted by atomic mass is 32.2. The number of alkyl halides is 2. The van der Waals surface area contributed by atoms with Crippen LogP contribution in [0.2, 0.25) is 0 Å². The second-order valence-electron chi connectivity index (χ2n) is 3.84. The summed E-state index contributed by atoms with van der Waals surface area (Å²) in [5.74, 6) is -3.46. The SMILES string of the molecule is CCc1ccc(S(=O)(=O)NCC(F)(F)CO)cc1. The zero-order valence-corrected chi connectivity index (χ0v) is 10.7. The van der Waals surface area contributed by atoms with Gasteiger partial charge in [0.25, 0.3) is 5.92 Å². The number of benzene rings is 1. The van der Waals surface area contributed by atoms with E-state index in [1.807, 2.05) is 6.92 Å². The quantitative estimate of drug-likeness (QED) is 0.821. The number of aryl methyl sites for hydroxylation is 1. The van der Waals surface area contributed by atoms with Crippen LogP contribution in [0.3, 0.4) is 0 Å². The average Bonchev–Trinajstić information content (AvgIpc) is 2.37. The third kappa shape index (κ3) is 4.01. The normalized spacial score (nSPS) is 12.7. The predicted octanol–water partition coefficient (Wildman–Crippen LogP) is 1.15. The van der Waals surface area contributed by atoms with E-state index >= 15 is 0 Å². The van der Waals surface area contributed by atoms with Crippen LogP contribution in [0.5, 0.6) is 0 Å². The van der Waals surface area contributed by atoms with Crippen molar-refractivity contribution >= 4 is 10.0 Å². The van der Waals surface area contributed by atoms with Gasteiger partial charge in [-0.1, -0.05) is 19.1 Å². The molecule has 0 saturated carbocycles. The van der Waals surface area contributed by atoms with Gasteiger partial charge in [0, 0.05) is 0 Å². The molecular weight excluding hydrogens is 264 g/mol. The predicted molar refractivity (Wildman–Crippen MR) is 63.0 cm³/mol. The number of nitrogens with one attached hydrogen (secondary N) is 1. The summed E-state index contributed by atoms with van der Waals surface area (Å²) in [5.41, 5.74) is 0.953. The highest BCUT2D eigenvalue weighted by Crippen LogP contribution is 2.14. The van der Waals surface area contributed by atoms with E-state index in [9.17, 15) is 17.2 Å². The Bertz CT molecular complexity index is 486. The lowest BCUT2D eigenvalue weighted by molar-refractivity contribution is -0.0437. The number of aliphatic hydroxyl groups excluding tert-OH is 1. The molecule has 0 radical (unpaired) electrons. The number of rotatable bonds is 6. The van der Waals surface area contributed by atoms with Crippen molar-refractivity contribution in [1.29, 1.82) is 0 Å². The second-order valence-corrected chi connectivity index (χ2v) is 5.60. The van der Waals surface area contributed by atoms with Crippen LogP contribution in [0.25, 0.3) is 0 Å². The smallest absolute Gasteiger partial charge is 0.283 e. The molecule has 0 atom stereocenters. The topological polar surface area (TPSA) is 66.4 Å². The minimum Gasteiger partial charge on any atom is -0.390 e. The first-order valence-electron chi connectivity index (χ1n) is 5.38. The van der Waals surface area contributed by atoms with Gasteiger partial charge < -0.3 is 5.11 Å². The fourth-order valence-electron chi connectivity index (χ4n) is 1.24. The van der Waals surface area contributed by atoms with Crippen molar-refractivity contribution in [2.24, 2.45) is 0 Å². The fraction of sp³-hybridized carbons (Fsp3) is 0.455. The molecule has 1 rings (SSSR count). The van der Waals surface area contributed by atoms with Gasteiger partial charge >= 0.3 is 0 Å². The van der Waals surface area contributed by atoms with Crippen molar-refractivity contribution in [3.8, 4) is 0 Å². The van der Waals surface area contributed by atoms with E-state index in [0.29, 0.717) is 0 Å². The van der Waals surface area contributed by atoms with Crippen molar-refractivity contribution < 1.29 is 22.3 Å². The molecule has 2 N–H and O–H groups in total. The Balaban J connectivity index is 2.80. The summed E-state index contributed by atoms with van der Waals surface area (Å²) in [5, 5.41) is 8.34. The Labute approximate surface area is 105 Å². The molecule has 0 aliphatic rings.